The van der Waals surface area contributed by atoms with Crippen LogP contribution < -0.4 is 19.7 Å². The highest BCUT2D eigenvalue weighted by Gasteiger charge is 2.21. The molecule has 0 unspecified atom stereocenters. The van der Waals surface area contributed by atoms with Crippen LogP contribution in [0.25, 0.3) is 11.0 Å². The molecule has 5 rings (SSSR count). The summed E-state index contributed by atoms with van der Waals surface area (Å²) in [7, 11) is 1.58. The fourth-order valence-corrected chi connectivity index (χ4v) is 4.34. The summed E-state index contributed by atoms with van der Waals surface area (Å²) in [6.45, 7) is 4.14. The van der Waals surface area contributed by atoms with Gasteiger partial charge in [-0.2, -0.15) is 0 Å². The Morgan fingerprint density at radius 3 is 2.79 bits per heavy atom. The summed E-state index contributed by atoms with van der Waals surface area (Å²) in [5, 5.41) is 3.57. The van der Waals surface area contributed by atoms with Crippen molar-refractivity contribution in [2.24, 2.45) is 0 Å². The van der Waals surface area contributed by atoms with Crippen molar-refractivity contribution >= 4 is 39.9 Å². The van der Waals surface area contributed by atoms with Crippen LogP contribution in [0, 0.1) is 6.92 Å². The number of carbonyl (C=O) groups is 1. The van der Waals surface area contributed by atoms with Gasteiger partial charge in [0.25, 0.3) is 5.91 Å². The molecule has 1 N–H and O–H groups in total. The first-order valence-electron chi connectivity index (χ1n) is 11.1. The lowest BCUT2D eigenvalue weighted by Crippen LogP contribution is -2.33. The second-order valence-corrected chi connectivity index (χ2v) is 8.63. The third kappa shape index (κ3) is 4.39. The van der Waals surface area contributed by atoms with Crippen LogP contribution in [0.2, 0.25) is 5.02 Å². The van der Waals surface area contributed by atoms with E-state index in [0.29, 0.717) is 28.8 Å². The predicted molar refractivity (Wildman–Crippen MR) is 134 cm³/mol. The van der Waals surface area contributed by atoms with Crippen molar-refractivity contribution in [1.82, 2.24) is 9.55 Å². The number of imidazole rings is 1. The number of fused-ring (bicyclic) bond motifs is 3. The molecule has 0 fully saturated rings. The average Bonchev–Trinajstić information content (AvgIpc) is 3.22. The fourth-order valence-electron chi connectivity index (χ4n) is 4.22. The number of nitrogens with zero attached hydrogens (tertiary/aromatic N) is 3. The molecule has 1 amide bonds. The summed E-state index contributed by atoms with van der Waals surface area (Å²) in [5.74, 6) is 1.93. The van der Waals surface area contributed by atoms with Crippen LogP contribution in [0.15, 0.2) is 60.7 Å². The minimum atomic E-state index is -0.275. The molecule has 7 nitrogen and oxygen atoms in total. The number of aromatic nitrogens is 2. The van der Waals surface area contributed by atoms with E-state index in [9.17, 15) is 4.79 Å². The van der Waals surface area contributed by atoms with E-state index in [-0.39, 0.29) is 12.5 Å². The number of carbonyl (C=O) groups excluding carboxylic acids is 1. The largest absolute Gasteiger partial charge is 0.495 e. The van der Waals surface area contributed by atoms with Crippen LogP contribution in [0.3, 0.4) is 0 Å². The number of aryl methyl sites for hydroxylation is 1. The van der Waals surface area contributed by atoms with Crippen LogP contribution in [0.5, 0.6) is 11.5 Å². The Kier molecular flexibility index (Phi) is 6.02. The number of para-hydroxylation sites is 2. The predicted octanol–water partition coefficient (Wildman–Crippen LogP) is 5.04. The number of halogens is 1. The molecule has 34 heavy (non-hydrogen) atoms. The summed E-state index contributed by atoms with van der Waals surface area (Å²) >= 11 is 6.05. The second kappa shape index (κ2) is 9.27. The zero-order chi connectivity index (χ0) is 23.7. The molecular formula is C26H25ClN4O3. The van der Waals surface area contributed by atoms with E-state index in [1.165, 1.54) is 0 Å². The molecule has 0 saturated heterocycles. The summed E-state index contributed by atoms with van der Waals surface area (Å²) in [6, 6.07) is 19.3. The van der Waals surface area contributed by atoms with Gasteiger partial charge < -0.3 is 24.3 Å². The Hall–Kier alpha value is -3.71. The monoisotopic (exact) mass is 476 g/mol. The molecule has 4 aromatic rings. The Morgan fingerprint density at radius 2 is 1.97 bits per heavy atom. The van der Waals surface area contributed by atoms with Gasteiger partial charge in [0.05, 0.1) is 30.4 Å². The molecule has 0 radical (unpaired) electrons. The Labute approximate surface area is 202 Å². The zero-order valence-electron chi connectivity index (χ0n) is 19.0. The third-order valence-electron chi connectivity index (χ3n) is 5.98. The van der Waals surface area contributed by atoms with Crippen molar-refractivity contribution in [2.45, 2.75) is 20.0 Å². The van der Waals surface area contributed by atoms with E-state index in [0.717, 1.165) is 41.2 Å². The number of hydrogen-bond donors (Lipinski definition) is 1. The van der Waals surface area contributed by atoms with Crippen LogP contribution in [0.4, 0.5) is 11.4 Å². The van der Waals surface area contributed by atoms with E-state index >= 15 is 0 Å². The summed E-state index contributed by atoms with van der Waals surface area (Å²) in [6.07, 6.45) is 0. The first kappa shape index (κ1) is 22.1. The Bertz CT molecular complexity index is 1370. The van der Waals surface area contributed by atoms with Gasteiger partial charge >= 0.3 is 0 Å². The highest BCUT2D eigenvalue weighted by Crippen LogP contribution is 2.32. The molecular weight excluding hydrogens is 452 g/mol. The van der Waals surface area contributed by atoms with Gasteiger partial charge in [-0.1, -0.05) is 23.7 Å². The number of anilines is 2. The molecule has 2 heterocycles. The third-order valence-corrected chi connectivity index (χ3v) is 6.41. The lowest BCUT2D eigenvalue weighted by atomic mass is 10.2. The fraction of sp³-hybridized carbons (Fsp3) is 0.231. The number of ether oxygens (including phenoxy) is 2. The van der Waals surface area contributed by atoms with Crippen molar-refractivity contribution in [3.05, 3.63) is 77.1 Å². The van der Waals surface area contributed by atoms with E-state index < -0.39 is 0 Å². The van der Waals surface area contributed by atoms with Crippen LogP contribution >= 0.6 is 11.6 Å². The van der Waals surface area contributed by atoms with Gasteiger partial charge in [0.2, 0.25) is 0 Å². The van der Waals surface area contributed by atoms with Crippen molar-refractivity contribution in [1.29, 1.82) is 0 Å². The highest BCUT2D eigenvalue weighted by molar-refractivity contribution is 6.31. The second-order valence-electron chi connectivity index (χ2n) is 8.22. The molecule has 1 aromatic heterocycles. The van der Waals surface area contributed by atoms with Crippen molar-refractivity contribution in [3.63, 3.8) is 0 Å². The van der Waals surface area contributed by atoms with Crippen molar-refractivity contribution < 1.29 is 14.3 Å². The molecule has 174 valence electrons. The van der Waals surface area contributed by atoms with Crippen LogP contribution in [0.1, 0.15) is 11.4 Å². The molecule has 0 saturated carbocycles. The van der Waals surface area contributed by atoms with Crippen molar-refractivity contribution in [3.8, 4) is 11.5 Å². The standard InChI is InChI=1S/C26H25ClN4O3/c1-17-13-19(8-9-20(17)27)34-16-26(32)29-22-14-18(7-10-24(22)33-2)30-11-12-31-23-6-4-3-5-21(23)28-25(31)15-30/h3-10,13-14H,11-12,15-16H2,1-2H3,(H,29,32). The minimum Gasteiger partial charge on any atom is -0.495 e. The summed E-state index contributed by atoms with van der Waals surface area (Å²) < 4.78 is 13.4. The lowest BCUT2D eigenvalue weighted by molar-refractivity contribution is -0.118. The quantitative estimate of drug-likeness (QED) is 0.422. The summed E-state index contributed by atoms with van der Waals surface area (Å²) in [5.41, 5.74) is 4.65. The maximum Gasteiger partial charge on any atom is 0.262 e. The van der Waals surface area contributed by atoms with Gasteiger partial charge in [-0.05, 0) is 61.0 Å². The SMILES string of the molecule is COc1ccc(N2CCn3c(nc4ccccc43)C2)cc1NC(=O)COc1ccc(Cl)c(C)c1. The topological polar surface area (TPSA) is 68.6 Å². The molecule has 0 bridgehead atoms. The molecule has 1 aliphatic heterocycles. The Balaban J connectivity index is 1.30. The number of benzene rings is 3. The molecule has 3 aromatic carbocycles. The van der Waals surface area contributed by atoms with E-state index in [4.69, 9.17) is 26.1 Å². The highest BCUT2D eigenvalue weighted by atomic mass is 35.5. The van der Waals surface area contributed by atoms with Gasteiger partial charge in [0, 0.05) is 23.8 Å². The first-order valence-corrected chi connectivity index (χ1v) is 11.5. The molecule has 8 heteroatoms. The number of amides is 1. The maximum absolute atomic E-state index is 12.6. The number of hydrogen-bond acceptors (Lipinski definition) is 5. The van der Waals surface area contributed by atoms with Crippen LogP contribution in [-0.2, 0) is 17.9 Å². The number of nitrogens with one attached hydrogen (secondary N) is 1. The van der Waals surface area contributed by atoms with Gasteiger partial charge in [0.1, 0.15) is 17.3 Å². The lowest BCUT2D eigenvalue weighted by Gasteiger charge is -2.30. The maximum atomic E-state index is 12.6. The number of methoxy groups -OCH3 is 1. The molecule has 0 atom stereocenters. The first-order chi connectivity index (χ1) is 16.5. The summed E-state index contributed by atoms with van der Waals surface area (Å²) in [4.78, 5) is 19.7. The molecule has 0 aliphatic carbocycles. The average molecular weight is 477 g/mol. The normalized spacial score (nSPS) is 13.0. The van der Waals surface area contributed by atoms with Gasteiger partial charge in [0.15, 0.2) is 6.61 Å². The van der Waals surface area contributed by atoms with Gasteiger partial charge in [-0.3, -0.25) is 4.79 Å². The van der Waals surface area contributed by atoms with Crippen LogP contribution in [-0.4, -0.2) is 35.7 Å². The van der Waals surface area contributed by atoms with E-state index in [2.05, 4.69) is 20.9 Å². The minimum absolute atomic E-state index is 0.123. The molecule has 0 spiro atoms. The smallest absolute Gasteiger partial charge is 0.262 e. The van der Waals surface area contributed by atoms with E-state index in [1.54, 1.807) is 25.3 Å². The Morgan fingerprint density at radius 1 is 1.12 bits per heavy atom. The van der Waals surface area contributed by atoms with Gasteiger partial charge in [-0.25, -0.2) is 4.98 Å². The molecule has 1 aliphatic rings. The van der Waals surface area contributed by atoms with Gasteiger partial charge in [-0.15, -0.1) is 0 Å². The number of rotatable bonds is 6. The van der Waals surface area contributed by atoms with Crippen molar-refractivity contribution in [2.75, 3.05) is 30.5 Å². The zero-order valence-corrected chi connectivity index (χ0v) is 19.8. The van der Waals surface area contributed by atoms with E-state index in [1.807, 2.05) is 43.3 Å².